The number of esters is 1. The van der Waals surface area contributed by atoms with Crippen molar-refractivity contribution in [1.82, 2.24) is 19.6 Å². The molecule has 214 valence electrons. The van der Waals surface area contributed by atoms with Gasteiger partial charge in [-0.2, -0.15) is 15.1 Å². The minimum atomic E-state index is -4.36. The maximum absolute atomic E-state index is 13.9. The first-order valence-corrected chi connectivity index (χ1v) is 13.8. The molecule has 0 radical (unpaired) electrons. The van der Waals surface area contributed by atoms with Crippen LogP contribution in [0.25, 0.3) is 11.0 Å². The van der Waals surface area contributed by atoms with Crippen molar-refractivity contribution in [2.45, 2.75) is 57.0 Å². The number of anilines is 2. The van der Waals surface area contributed by atoms with Crippen LogP contribution in [0.15, 0.2) is 42.6 Å². The number of aliphatic hydroxyl groups is 2. The molecule has 14 nitrogen and oxygen atoms in total. The highest BCUT2D eigenvalue weighted by Gasteiger charge is 2.56. The molecule has 4 rings (SSSR count). The van der Waals surface area contributed by atoms with Crippen molar-refractivity contribution in [1.29, 1.82) is 0 Å². The van der Waals surface area contributed by atoms with Crippen LogP contribution in [0.2, 0.25) is 0 Å². The van der Waals surface area contributed by atoms with E-state index in [1.807, 2.05) is 0 Å². The van der Waals surface area contributed by atoms with Crippen LogP contribution in [-0.4, -0.2) is 67.3 Å². The number of para-hydroxylation sites is 1. The summed E-state index contributed by atoms with van der Waals surface area (Å²) in [6.45, 7) is 4.05. The number of aliphatic hydroxyl groups excluding tert-OH is 2. The van der Waals surface area contributed by atoms with Gasteiger partial charge in [-0.1, -0.05) is 24.1 Å². The zero-order valence-electron chi connectivity index (χ0n) is 22.0. The van der Waals surface area contributed by atoms with Crippen LogP contribution < -0.4 is 21.1 Å². The predicted octanol–water partition coefficient (Wildman–Crippen LogP) is 1.35. The normalized spacial score (nSPS) is 24.9. The van der Waals surface area contributed by atoms with E-state index in [-0.39, 0.29) is 23.2 Å². The van der Waals surface area contributed by atoms with Gasteiger partial charge in [-0.3, -0.25) is 9.32 Å². The van der Waals surface area contributed by atoms with Crippen LogP contribution in [0.4, 0.5) is 11.8 Å². The van der Waals surface area contributed by atoms with E-state index in [0.29, 0.717) is 5.39 Å². The fourth-order valence-corrected chi connectivity index (χ4v) is 5.60. The van der Waals surface area contributed by atoms with E-state index in [1.165, 1.54) is 29.8 Å². The van der Waals surface area contributed by atoms with Gasteiger partial charge >= 0.3 is 13.7 Å². The summed E-state index contributed by atoms with van der Waals surface area (Å²) in [4.78, 5) is 20.5. The van der Waals surface area contributed by atoms with Crippen molar-refractivity contribution in [3.8, 4) is 18.1 Å². The van der Waals surface area contributed by atoms with Gasteiger partial charge in [-0.15, -0.1) is 6.42 Å². The molecular formula is C25H31N6O8P. The second-order valence-corrected chi connectivity index (χ2v) is 11.1. The fraction of sp³-hybridized carbons (Fsp3) is 0.400. The summed E-state index contributed by atoms with van der Waals surface area (Å²) in [5.41, 5.74) is 9.89. The summed E-state index contributed by atoms with van der Waals surface area (Å²) in [7, 11) is -4.36. The molecule has 3 aromatic rings. The molecule has 6 atom stereocenters. The number of aromatic nitrogens is 3. The van der Waals surface area contributed by atoms with Gasteiger partial charge in [0.2, 0.25) is 5.95 Å². The van der Waals surface area contributed by atoms with Crippen LogP contribution in [0.5, 0.6) is 5.75 Å². The zero-order chi connectivity index (χ0) is 29.2. The van der Waals surface area contributed by atoms with Crippen LogP contribution >= 0.6 is 7.75 Å². The van der Waals surface area contributed by atoms with Crippen molar-refractivity contribution < 1.29 is 38.1 Å². The average Bonchev–Trinajstić information content (AvgIpc) is 3.42. The Bertz CT molecular complexity index is 1460. The Balaban J connectivity index is 1.61. The lowest BCUT2D eigenvalue weighted by Gasteiger charge is -2.29. The monoisotopic (exact) mass is 574 g/mol. The Morgan fingerprint density at radius 3 is 2.60 bits per heavy atom. The number of carbonyl (C=O) groups excluding carboxylic acids is 1. The molecule has 0 spiro atoms. The minimum Gasteiger partial charge on any atom is -0.462 e. The number of carbonyl (C=O) groups is 1. The molecule has 7 N–H and O–H groups in total. The Kier molecular flexibility index (Phi) is 8.36. The molecule has 1 saturated heterocycles. The largest absolute Gasteiger partial charge is 0.462 e. The van der Waals surface area contributed by atoms with Gasteiger partial charge in [-0.05, 0) is 39.0 Å². The van der Waals surface area contributed by atoms with Gasteiger partial charge in [-0.25, -0.2) is 4.57 Å². The molecule has 0 saturated carbocycles. The van der Waals surface area contributed by atoms with Gasteiger partial charge in [0.25, 0.3) is 0 Å². The maximum atomic E-state index is 13.9. The number of nitrogens with one attached hydrogen (secondary N) is 1. The SMILES string of the molecule is C#C[C@]1(CO[P@@](=O)(N[C@@H](C)C(=O)OC(C)C)Oc2ccccc2)O[C@@H](n2ccc3c(N)nc(N)nc32)C(O)C1O. The van der Waals surface area contributed by atoms with Crippen molar-refractivity contribution in [3.63, 3.8) is 0 Å². The second kappa shape index (κ2) is 11.4. The Hall–Kier alpha value is -3.70. The van der Waals surface area contributed by atoms with Crippen LogP contribution in [-0.2, 0) is 23.4 Å². The minimum absolute atomic E-state index is 0.107. The van der Waals surface area contributed by atoms with Gasteiger partial charge in [0, 0.05) is 6.20 Å². The van der Waals surface area contributed by atoms with E-state index in [1.54, 1.807) is 38.1 Å². The Morgan fingerprint density at radius 2 is 1.95 bits per heavy atom. The summed E-state index contributed by atoms with van der Waals surface area (Å²) in [6.07, 6.45) is 2.31. The quantitative estimate of drug-likeness (QED) is 0.132. The van der Waals surface area contributed by atoms with Crippen molar-refractivity contribution >= 4 is 36.5 Å². The molecule has 0 amide bonds. The molecule has 1 aliphatic heterocycles. The number of hydrogen-bond donors (Lipinski definition) is 5. The van der Waals surface area contributed by atoms with E-state index < -0.39 is 56.5 Å². The first-order chi connectivity index (χ1) is 18.9. The molecule has 2 aromatic heterocycles. The van der Waals surface area contributed by atoms with E-state index >= 15 is 0 Å². The topological polar surface area (TPSA) is 206 Å². The summed E-state index contributed by atoms with van der Waals surface area (Å²) >= 11 is 0. The van der Waals surface area contributed by atoms with Crippen LogP contribution in [0.1, 0.15) is 27.0 Å². The summed E-state index contributed by atoms with van der Waals surface area (Å²) in [5.74, 6) is 1.77. The molecule has 1 fully saturated rings. The standard InChI is InChI=1S/C25H31N6O8P/c1-5-25(19(33)18(32)22(38-25)31-12-11-17-20(26)28-24(27)29-21(17)31)13-36-40(35,39-16-9-7-6-8-10-16)30-15(4)23(34)37-14(2)3/h1,6-12,14-15,18-19,22,32-33H,13H2,2-4H3,(H,30,35)(H4,26,27,28,29)/t15-,18?,19?,22+,25+,40-/m0/s1. The second-order valence-electron chi connectivity index (χ2n) is 9.42. The van der Waals surface area contributed by atoms with Crippen molar-refractivity contribution in [3.05, 3.63) is 42.6 Å². The number of terminal acetylenes is 1. The van der Waals surface area contributed by atoms with Gasteiger partial charge in [0.1, 0.15) is 42.1 Å². The van der Waals surface area contributed by atoms with Crippen LogP contribution in [0, 0.1) is 12.3 Å². The number of fused-ring (bicyclic) bond motifs is 1. The number of nitrogen functional groups attached to an aromatic ring is 2. The van der Waals surface area contributed by atoms with Crippen molar-refractivity contribution in [2.75, 3.05) is 18.1 Å². The number of ether oxygens (including phenoxy) is 2. The van der Waals surface area contributed by atoms with Gasteiger partial charge < -0.3 is 40.2 Å². The zero-order valence-corrected chi connectivity index (χ0v) is 22.9. The lowest BCUT2D eigenvalue weighted by molar-refractivity contribution is -0.149. The summed E-state index contributed by atoms with van der Waals surface area (Å²) in [6, 6.07) is 8.55. The highest BCUT2D eigenvalue weighted by Crippen LogP contribution is 2.48. The third kappa shape index (κ3) is 5.90. The highest BCUT2D eigenvalue weighted by atomic mass is 31.2. The smallest absolute Gasteiger partial charge is 0.459 e. The molecule has 0 bridgehead atoms. The molecule has 40 heavy (non-hydrogen) atoms. The lowest BCUT2D eigenvalue weighted by atomic mass is 9.97. The van der Waals surface area contributed by atoms with Gasteiger partial charge in [0.05, 0.1) is 11.5 Å². The van der Waals surface area contributed by atoms with Crippen LogP contribution in [0.3, 0.4) is 0 Å². The van der Waals surface area contributed by atoms with E-state index in [4.69, 9.17) is 36.4 Å². The number of hydrogen-bond acceptors (Lipinski definition) is 12. The van der Waals surface area contributed by atoms with E-state index in [0.717, 1.165) is 0 Å². The molecule has 2 unspecified atom stereocenters. The molecule has 15 heteroatoms. The first-order valence-electron chi connectivity index (χ1n) is 12.3. The number of nitrogens with two attached hydrogens (primary N) is 2. The predicted molar refractivity (Wildman–Crippen MR) is 145 cm³/mol. The maximum Gasteiger partial charge on any atom is 0.459 e. The molecule has 1 aromatic carbocycles. The average molecular weight is 575 g/mol. The lowest BCUT2D eigenvalue weighted by Crippen LogP contribution is -2.46. The molecular weight excluding hydrogens is 543 g/mol. The van der Waals surface area contributed by atoms with Crippen molar-refractivity contribution in [2.24, 2.45) is 0 Å². The van der Waals surface area contributed by atoms with E-state index in [9.17, 15) is 19.6 Å². The van der Waals surface area contributed by atoms with E-state index in [2.05, 4.69) is 21.0 Å². The number of benzene rings is 1. The Labute approximate surface area is 230 Å². The third-order valence-corrected chi connectivity index (χ3v) is 7.66. The molecule has 3 heterocycles. The highest BCUT2D eigenvalue weighted by molar-refractivity contribution is 7.52. The summed E-state index contributed by atoms with van der Waals surface area (Å²) < 4.78 is 37.7. The molecule has 0 aliphatic carbocycles. The third-order valence-electron chi connectivity index (χ3n) is 6.04. The van der Waals surface area contributed by atoms with Gasteiger partial charge in [0.15, 0.2) is 11.8 Å². The number of nitrogens with zero attached hydrogens (tertiary/aromatic N) is 3. The number of rotatable bonds is 10. The molecule has 1 aliphatic rings. The summed E-state index contributed by atoms with van der Waals surface area (Å²) in [5, 5.41) is 24.9. The fourth-order valence-electron chi connectivity index (χ4n) is 4.08. The first kappa shape index (κ1) is 29.3. The Morgan fingerprint density at radius 1 is 1.25 bits per heavy atom.